The summed E-state index contributed by atoms with van der Waals surface area (Å²) in [7, 11) is -3.11. The Morgan fingerprint density at radius 1 is 1.12 bits per heavy atom. The summed E-state index contributed by atoms with van der Waals surface area (Å²) in [6, 6.07) is 0. The van der Waals surface area contributed by atoms with Crippen molar-refractivity contribution in [3.8, 4) is 0 Å². The van der Waals surface area contributed by atoms with Crippen LogP contribution in [0, 0.1) is 0 Å². The molecule has 0 bridgehead atoms. The van der Waals surface area contributed by atoms with Gasteiger partial charge in [-0.3, -0.25) is 0 Å². The molecule has 138 valence electrons. The number of aliphatic hydroxyl groups is 1. The van der Waals surface area contributed by atoms with Gasteiger partial charge in [0.05, 0.1) is 0 Å². The smallest absolute Gasteiger partial charge is 0.383 e. The van der Waals surface area contributed by atoms with Gasteiger partial charge in [-0.2, -0.15) is 0 Å². The summed E-state index contributed by atoms with van der Waals surface area (Å²) in [5.74, 6) is -3.61. The van der Waals surface area contributed by atoms with Gasteiger partial charge >= 0.3 is 14.2 Å². The second-order valence-electron chi connectivity index (χ2n) is 6.14. The van der Waals surface area contributed by atoms with Crippen LogP contribution in [0.1, 0.15) is 53.4 Å². The van der Waals surface area contributed by atoms with E-state index in [4.69, 9.17) is 4.89 Å². The lowest BCUT2D eigenvalue weighted by molar-refractivity contribution is -0.112. The Kier molecular flexibility index (Phi) is 11.1. The molecule has 0 amide bonds. The van der Waals surface area contributed by atoms with Gasteiger partial charge in [-0.1, -0.05) is 34.9 Å². The minimum absolute atomic E-state index is 0.558. The second kappa shape index (κ2) is 11.6. The molecule has 2 atom stereocenters. The van der Waals surface area contributed by atoms with E-state index in [1.165, 1.54) is 11.1 Å². The van der Waals surface area contributed by atoms with Crippen LogP contribution in [-0.2, 0) is 9.09 Å². The molecule has 0 saturated heterocycles. The summed E-state index contributed by atoms with van der Waals surface area (Å²) in [4.78, 5) is 8.39. The number of rotatable bonds is 11. The maximum atomic E-state index is 13.5. The highest BCUT2D eigenvalue weighted by molar-refractivity contribution is 7.32. The quantitative estimate of drug-likeness (QED) is 0.396. The molecule has 7 heteroatoms. The van der Waals surface area contributed by atoms with Crippen LogP contribution >= 0.6 is 8.25 Å². The van der Waals surface area contributed by atoms with E-state index in [-0.39, 0.29) is 0 Å². The lowest BCUT2D eigenvalue weighted by Gasteiger charge is -2.17. The minimum atomic E-state index is -3.61. The van der Waals surface area contributed by atoms with Gasteiger partial charge in [-0.25, -0.2) is 8.78 Å². The van der Waals surface area contributed by atoms with Crippen LogP contribution in [0.15, 0.2) is 34.9 Å². The monoisotopic (exact) mass is 365 g/mol. The maximum Gasteiger partial charge on any atom is 0.694 e. The molecule has 0 aromatic carbocycles. The van der Waals surface area contributed by atoms with Crippen LogP contribution in [0.5, 0.6) is 0 Å². The third-order valence-corrected chi connectivity index (χ3v) is 3.72. The van der Waals surface area contributed by atoms with Crippen molar-refractivity contribution >= 4 is 8.25 Å². The molecule has 0 saturated carbocycles. The van der Waals surface area contributed by atoms with Crippen LogP contribution in [-0.4, -0.2) is 28.6 Å². The van der Waals surface area contributed by atoms with E-state index in [1.54, 1.807) is 6.92 Å². The fraction of sp³-hybridized carbons (Fsp3) is 0.647. The second-order valence-corrected chi connectivity index (χ2v) is 6.87. The normalized spacial score (nSPS) is 15.2. The molecule has 0 radical (unpaired) electrons. The molecule has 0 fully saturated rings. The molecule has 2 N–H and O–H groups in total. The first-order valence-corrected chi connectivity index (χ1v) is 8.99. The van der Waals surface area contributed by atoms with Crippen molar-refractivity contribution in [2.45, 2.75) is 65.4 Å². The first-order chi connectivity index (χ1) is 11.0. The Morgan fingerprint density at radius 2 is 1.67 bits per heavy atom. The van der Waals surface area contributed by atoms with Gasteiger partial charge in [0.15, 0.2) is 6.61 Å². The highest BCUT2D eigenvalue weighted by Gasteiger charge is 2.40. The Labute approximate surface area is 143 Å². The van der Waals surface area contributed by atoms with Gasteiger partial charge in [0, 0.05) is 4.57 Å². The molecule has 0 heterocycles. The van der Waals surface area contributed by atoms with Crippen molar-refractivity contribution in [3.63, 3.8) is 0 Å². The van der Waals surface area contributed by atoms with Crippen LogP contribution in [0.3, 0.4) is 0 Å². The minimum Gasteiger partial charge on any atom is -0.383 e. The lowest BCUT2D eigenvalue weighted by Crippen LogP contribution is -2.36. The molecule has 24 heavy (non-hydrogen) atoms. The predicted octanol–water partition coefficient (Wildman–Crippen LogP) is 5.07. The average molecular weight is 365 g/mol. The predicted molar refractivity (Wildman–Crippen MR) is 92.1 cm³/mol. The van der Waals surface area contributed by atoms with Crippen molar-refractivity contribution < 1.29 is 27.9 Å². The molecule has 0 aromatic rings. The zero-order valence-electron chi connectivity index (χ0n) is 14.8. The van der Waals surface area contributed by atoms with Gasteiger partial charge in [0.2, 0.25) is 0 Å². The number of allylic oxidation sites excluding steroid dienone is 5. The Morgan fingerprint density at radius 3 is 2.21 bits per heavy atom. The lowest BCUT2D eigenvalue weighted by atomic mass is 10.0. The van der Waals surface area contributed by atoms with Crippen molar-refractivity contribution in [3.05, 3.63) is 34.9 Å². The number of hydrogen-bond donors (Lipinski definition) is 2. The molecule has 0 spiro atoms. The summed E-state index contributed by atoms with van der Waals surface area (Å²) in [6.07, 6.45) is 6.48. The van der Waals surface area contributed by atoms with Crippen molar-refractivity contribution in [2.75, 3.05) is 6.61 Å². The average Bonchev–Trinajstić information content (AvgIpc) is 2.44. The fourth-order valence-corrected chi connectivity index (χ4v) is 2.22. The Balaban J connectivity index is 4.38. The summed E-state index contributed by atoms with van der Waals surface area (Å²) >= 11 is 0. The van der Waals surface area contributed by atoms with Crippen molar-refractivity contribution in [1.29, 1.82) is 0 Å². The van der Waals surface area contributed by atoms with Gasteiger partial charge in [0.25, 0.3) is 0 Å². The highest BCUT2D eigenvalue weighted by Crippen LogP contribution is 2.26. The van der Waals surface area contributed by atoms with Crippen LogP contribution in [0.25, 0.3) is 0 Å². The molecule has 0 aliphatic carbocycles. The van der Waals surface area contributed by atoms with Crippen LogP contribution in [0.4, 0.5) is 8.78 Å². The summed E-state index contributed by atoms with van der Waals surface area (Å²) in [6.45, 7) is 6.51. The van der Waals surface area contributed by atoms with Crippen molar-refractivity contribution in [1.82, 2.24) is 0 Å². The molecule has 4 nitrogen and oxygen atoms in total. The SMILES string of the molecule is CC(C)=CCCC(C)=CCCC(C)=CC(O)C(F)(F)CO[P+](=O)O. The highest BCUT2D eigenvalue weighted by atomic mass is 31.1. The van der Waals surface area contributed by atoms with Gasteiger partial charge in [0.1, 0.15) is 6.10 Å². The summed E-state index contributed by atoms with van der Waals surface area (Å²) in [5, 5.41) is 9.53. The molecular formula is C17H28F2O4P+. The van der Waals surface area contributed by atoms with E-state index >= 15 is 0 Å². The maximum absolute atomic E-state index is 13.5. The number of halogens is 2. The van der Waals surface area contributed by atoms with E-state index < -0.39 is 26.9 Å². The van der Waals surface area contributed by atoms with Crippen LogP contribution in [0.2, 0.25) is 0 Å². The number of hydrogen-bond acceptors (Lipinski definition) is 3. The molecule has 0 aliphatic rings. The van der Waals surface area contributed by atoms with E-state index in [0.29, 0.717) is 18.4 Å². The van der Waals surface area contributed by atoms with Gasteiger partial charge < -0.3 is 5.11 Å². The van der Waals surface area contributed by atoms with Gasteiger partial charge in [-0.05, 0) is 53.4 Å². The van der Waals surface area contributed by atoms with E-state index in [9.17, 15) is 18.5 Å². The first-order valence-electron chi connectivity index (χ1n) is 7.86. The number of alkyl halides is 2. The zero-order valence-corrected chi connectivity index (χ0v) is 15.7. The zero-order chi connectivity index (χ0) is 18.8. The van der Waals surface area contributed by atoms with E-state index in [1.807, 2.05) is 6.92 Å². The van der Waals surface area contributed by atoms with Gasteiger partial charge in [-0.15, -0.1) is 9.42 Å². The molecular weight excluding hydrogens is 337 g/mol. The summed E-state index contributed by atoms with van der Waals surface area (Å²) < 4.78 is 41.3. The largest absolute Gasteiger partial charge is 0.694 e. The molecule has 0 rings (SSSR count). The van der Waals surface area contributed by atoms with E-state index in [2.05, 4.69) is 30.5 Å². The summed E-state index contributed by atoms with van der Waals surface area (Å²) in [5.41, 5.74) is 3.15. The van der Waals surface area contributed by atoms with Crippen LogP contribution < -0.4 is 0 Å². The third kappa shape index (κ3) is 11.6. The molecule has 0 aliphatic heterocycles. The molecule has 0 aromatic heterocycles. The third-order valence-electron chi connectivity index (χ3n) is 3.37. The fourth-order valence-electron chi connectivity index (χ4n) is 1.94. The Hall–Kier alpha value is -0.940. The topological polar surface area (TPSA) is 66.8 Å². The van der Waals surface area contributed by atoms with E-state index in [0.717, 1.165) is 18.9 Å². The van der Waals surface area contributed by atoms with Crippen molar-refractivity contribution in [2.24, 2.45) is 0 Å². The number of aliphatic hydroxyl groups excluding tert-OH is 1. The Bertz CT molecular complexity index is 495. The molecule has 2 unspecified atom stereocenters. The first kappa shape index (κ1) is 23.1. The standard InChI is InChI=1S/C17H27F2O4P/c1-13(2)7-5-8-14(3)9-6-10-15(4)11-16(20)17(18,19)12-23-24(21)22/h7,9,11,16,20H,5-6,8,10,12H2,1-4H3/p+1.